The first-order chi connectivity index (χ1) is 9.09. The molecule has 5 heteroatoms. The molecule has 1 aromatic heterocycles. The van der Waals surface area contributed by atoms with Crippen molar-refractivity contribution in [2.24, 2.45) is 0 Å². The van der Waals surface area contributed by atoms with Gasteiger partial charge in [0, 0.05) is 11.8 Å². The Morgan fingerprint density at radius 2 is 1.74 bits per heavy atom. The van der Waals surface area contributed by atoms with Crippen molar-refractivity contribution in [2.75, 3.05) is 0 Å². The summed E-state index contributed by atoms with van der Waals surface area (Å²) in [7, 11) is 0. The van der Waals surface area contributed by atoms with E-state index in [1.165, 1.54) is 0 Å². The molecule has 2 rings (SSSR count). The van der Waals surface area contributed by atoms with Gasteiger partial charge in [-0.05, 0) is 17.7 Å². The van der Waals surface area contributed by atoms with Crippen LogP contribution in [0.2, 0.25) is 0 Å². The number of aliphatic carboxylic acids is 1. The highest BCUT2D eigenvalue weighted by Gasteiger charge is 2.24. The fourth-order valence-electron chi connectivity index (χ4n) is 1.70. The third-order valence-electron chi connectivity index (χ3n) is 2.76. The zero-order valence-corrected chi connectivity index (χ0v) is 9.97. The molecule has 3 N–H and O–H groups in total. The Bertz CT molecular complexity index is 553. The minimum absolute atomic E-state index is 0.342. The molecule has 0 fully saturated rings. The van der Waals surface area contributed by atoms with Gasteiger partial charge >= 0.3 is 5.97 Å². The lowest BCUT2D eigenvalue weighted by atomic mass is 10.0. The predicted octanol–water partition coefficient (Wildman–Crippen LogP) is 1.23. The van der Waals surface area contributed by atoms with Crippen molar-refractivity contribution >= 4 is 5.97 Å². The fourth-order valence-corrected chi connectivity index (χ4v) is 1.70. The molecule has 98 valence electrons. The van der Waals surface area contributed by atoms with Crippen LogP contribution < -0.4 is 0 Å². The van der Waals surface area contributed by atoms with Crippen LogP contribution in [0.5, 0.6) is 0 Å². The van der Waals surface area contributed by atoms with E-state index in [-0.39, 0.29) is 0 Å². The molecule has 0 bridgehead atoms. The van der Waals surface area contributed by atoms with Crippen LogP contribution in [-0.2, 0) is 4.79 Å². The van der Waals surface area contributed by atoms with Crippen LogP contribution in [0.4, 0.5) is 0 Å². The van der Waals surface area contributed by atoms with Crippen molar-refractivity contribution in [3.63, 3.8) is 0 Å². The van der Waals surface area contributed by atoms with Gasteiger partial charge in [0.1, 0.15) is 6.10 Å². The molecular formula is C14H13NO4. The van der Waals surface area contributed by atoms with E-state index in [1.807, 2.05) is 18.2 Å². The summed E-state index contributed by atoms with van der Waals surface area (Å²) in [5.41, 5.74) is 1.97. The number of carbonyl (C=O) groups is 1. The molecule has 0 radical (unpaired) electrons. The molecule has 0 saturated heterocycles. The number of aliphatic hydroxyl groups is 2. The van der Waals surface area contributed by atoms with Crippen LogP contribution in [0.15, 0.2) is 48.7 Å². The first-order valence-electron chi connectivity index (χ1n) is 5.70. The number of aromatic nitrogens is 1. The number of pyridine rings is 1. The number of aliphatic hydroxyl groups excluding tert-OH is 2. The number of carboxylic acid groups (broad SMARTS) is 1. The molecule has 0 amide bonds. The summed E-state index contributed by atoms with van der Waals surface area (Å²) in [6.07, 6.45) is -1.61. The monoisotopic (exact) mass is 259 g/mol. The average Bonchev–Trinajstić information content (AvgIpc) is 2.46. The van der Waals surface area contributed by atoms with Crippen LogP contribution in [0.3, 0.4) is 0 Å². The smallest absolute Gasteiger partial charge is 0.335 e. The van der Waals surface area contributed by atoms with Crippen LogP contribution in [-0.4, -0.2) is 32.4 Å². The van der Waals surface area contributed by atoms with E-state index in [9.17, 15) is 15.0 Å². The molecule has 0 saturated carbocycles. The van der Waals surface area contributed by atoms with Crippen molar-refractivity contribution in [1.82, 2.24) is 4.98 Å². The van der Waals surface area contributed by atoms with Crippen molar-refractivity contribution < 1.29 is 20.1 Å². The molecule has 0 aliphatic carbocycles. The summed E-state index contributed by atoms with van der Waals surface area (Å²) >= 11 is 0. The highest BCUT2D eigenvalue weighted by molar-refractivity contribution is 5.73. The zero-order valence-electron chi connectivity index (χ0n) is 9.97. The lowest BCUT2D eigenvalue weighted by Gasteiger charge is -2.14. The SMILES string of the molecule is O=C(O)C(O)C(O)c1ccc(-c2ccccn2)cc1. The van der Waals surface area contributed by atoms with Crippen LogP contribution in [0, 0.1) is 0 Å². The maximum absolute atomic E-state index is 10.6. The normalized spacial score (nSPS) is 13.8. The summed E-state index contributed by atoms with van der Waals surface area (Å²) < 4.78 is 0. The van der Waals surface area contributed by atoms with Gasteiger partial charge in [-0.1, -0.05) is 30.3 Å². The van der Waals surface area contributed by atoms with Crippen LogP contribution >= 0.6 is 0 Å². The summed E-state index contributed by atoms with van der Waals surface area (Å²) in [4.78, 5) is 14.8. The van der Waals surface area contributed by atoms with E-state index in [1.54, 1.807) is 30.5 Å². The van der Waals surface area contributed by atoms with Gasteiger partial charge in [0.05, 0.1) is 5.69 Å². The summed E-state index contributed by atoms with van der Waals surface area (Å²) in [5.74, 6) is -1.46. The zero-order chi connectivity index (χ0) is 13.8. The number of hydrogen-bond donors (Lipinski definition) is 3. The third-order valence-corrected chi connectivity index (χ3v) is 2.76. The molecule has 5 nitrogen and oxygen atoms in total. The van der Waals surface area contributed by atoms with Crippen molar-refractivity contribution in [3.8, 4) is 11.3 Å². The Kier molecular flexibility index (Phi) is 3.89. The largest absolute Gasteiger partial charge is 0.479 e. The first kappa shape index (κ1) is 13.2. The minimum Gasteiger partial charge on any atom is -0.479 e. The van der Waals surface area contributed by atoms with Gasteiger partial charge in [-0.25, -0.2) is 4.79 Å². The van der Waals surface area contributed by atoms with Crippen molar-refractivity contribution in [3.05, 3.63) is 54.2 Å². The van der Waals surface area contributed by atoms with Crippen LogP contribution in [0.1, 0.15) is 11.7 Å². The second-order valence-electron chi connectivity index (χ2n) is 4.06. The maximum atomic E-state index is 10.6. The summed E-state index contributed by atoms with van der Waals surface area (Å²) in [6.45, 7) is 0. The summed E-state index contributed by atoms with van der Waals surface area (Å²) in [5, 5.41) is 27.6. The highest BCUT2D eigenvalue weighted by Crippen LogP contribution is 2.22. The molecule has 0 spiro atoms. The third kappa shape index (κ3) is 2.96. The van der Waals surface area contributed by atoms with E-state index in [0.717, 1.165) is 11.3 Å². The Labute approximate surface area is 109 Å². The standard InChI is InChI=1S/C14H13NO4/c16-12(13(17)14(18)19)10-6-4-9(5-7-10)11-3-1-2-8-15-11/h1-8,12-13,16-17H,(H,18,19). The molecule has 2 atom stereocenters. The van der Waals surface area contributed by atoms with Crippen molar-refractivity contribution in [1.29, 1.82) is 0 Å². The minimum atomic E-state index is -1.83. The lowest BCUT2D eigenvalue weighted by Crippen LogP contribution is -2.27. The van der Waals surface area contributed by atoms with E-state index in [0.29, 0.717) is 5.56 Å². The molecule has 2 aromatic rings. The molecule has 1 aromatic carbocycles. The van der Waals surface area contributed by atoms with Gasteiger partial charge < -0.3 is 15.3 Å². The van der Waals surface area contributed by atoms with Gasteiger partial charge in [0.25, 0.3) is 0 Å². The fraction of sp³-hybridized carbons (Fsp3) is 0.143. The second kappa shape index (κ2) is 5.60. The van der Waals surface area contributed by atoms with Gasteiger partial charge in [-0.2, -0.15) is 0 Å². The van der Waals surface area contributed by atoms with Gasteiger partial charge in [0.2, 0.25) is 0 Å². The van der Waals surface area contributed by atoms with Gasteiger partial charge in [-0.3, -0.25) is 4.98 Å². The van der Waals surface area contributed by atoms with Crippen molar-refractivity contribution in [2.45, 2.75) is 12.2 Å². The van der Waals surface area contributed by atoms with E-state index >= 15 is 0 Å². The molecular weight excluding hydrogens is 246 g/mol. The topological polar surface area (TPSA) is 90.7 Å². The second-order valence-corrected chi connectivity index (χ2v) is 4.06. The lowest BCUT2D eigenvalue weighted by molar-refractivity contribution is -0.153. The Hall–Kier alpha value is -2.24. The van der Waals surface area contributed by atoms with Gasteiger partial charge in [-0.15, -0.1) is 0 Å². The average molecular weight is 259 g/mol. The quantitative estimate of drug-likeness (QED) is 0.768. The van der Waals surface area contributed by atoms with E-state index in [4.69, 9.17) is 5.11 Å². The predicted molar refractivity (Wildman–Crippen MR) is 68.3 cm³/mol. The number of benzene rings is 1. The molecule has 0 aliphatic rings. The number of hydrogen-bond acceptors (Lipinski definition) is 4. The summed E-state index contributed by atoms with van der Waals surface area (Å²) in [6, 6.07) is 12.1. The van der Waals surface area contributed by atoms with Crippen LogP contribution in [0.25, 0.3) is 11.3 Å². The van der Waals surface area contributed by atoms with E-state index in [2.05, 4.69) is 4.98 Å². The molecule has 0 aliphatic heterocycles. The first-order valence-corrected chi connectivity index (χ1v) is 5.70. The highest BCUT2D eigenvalue weighted by atomic mass is 16.4. The number of carboxylic acids is 1. The Balaban J connectivity index is 2.22. The Morgan fingerprint density at radius 1 is 1.05 bits per heavy atom. The molecule has 19 heavy (non-hydrogen) atoms. The number of nitrogens with zero attached hydrogens (tertiary/aromatic N) is 1. The Morgan fingerprint density at radius 3 is 2.26 bits per heavy atom. The number of rotatable bonds is 4. The maximum Gasteiger partial charge on any atom is 0.335 e. The molecule has 1 heterocycles. The van der Waals surface area contributed by atoms with E-state index < -0.39 is 18.2 Å². The molecule has 2 unspecified atom stereocenters. The van der Waals surface area contributed by atoms with Gasteiger partial charge in [0.15, 0.2) is 6.10 Å².